The predicted octanol–water partition coefficient (Wildman–Crippen LogP) is 3.46. The highest BCUT2D eigenvalue weighted by molar-refractivity contribution is 7.13. The van der Waals surface area contributed by atoms with E-state index in [0.717, 1.165) is 59.2 Å². The number of hydrogen-bond acceptors (Lipinski definition) is 8. The molecule has 0 saturated carbocycles. The first-order chi connectivity index (χ1) is 15.5. The number of pyridine rings is 1. The molecule has 0 unspecified atom stereocenters. The summed E-state index contributed by atoms with van der Waals surface area (Å²) >= 11 is 1.61. The summed E-state index contributed by atoms with van der Waals surface area (Å²) in [5, 5.41) is 15.2. The predicted molar refractivity (Wildman–Crippen MR) is 127 cm³/mol. The van der Waals surface area contributed by atoms with Crippen LogP contribution < -0.4 is 10.2 Å². The Morgan fingerprint density at radius 1 is 1.06 bits per heavy atom. The first kappa shape index (κ1) is 20.5. The molecule has 1 saturated heterocycles. The lowest BCUT2D eigenvalue weighted by Crippen LogP contribution is -2.44. The average molecular weight is 446 g/mol. The lowest BCUT2D eigenvalue weighted by Gasteiger charge is -2.33. The molecule has 0 aliphatic carbocycles. The standard InChI is InChI=1S/C23H23N7OS/c1-15-14-32-23(25-15)17-3-4-19-18(11-17)12-20(28-27-19)26-22(31)16-5-6-24-21(13-16)30-9-7-29(2)8-10-30/h3-6,11-14H,7-10H2,1-2H3,(H,26,28,31). The minimum absolute atomic E-state index is 0.233. The molecular weight excluding hydrogens is 422 g/mol. The van der Waals surface area contributed by atoms with Gasteiger partial charge in [0.2, 0.25) is 0 Å². The number of carbonyl (C=O) groups is 1. The fourth-order valence-corrected chi connectivity index (χ4v) is 4.48. The van der Waals surface area contributed by atoms with E-state index in [9.17, 15) is 4.79 Å². The summed E-state index contributed by atoms with van der Waals surface area (Å²) in [4.78, 5) is 26.4. The summed E-state index contributed by atoms with van der Waals surface area (Å²) < 4.78 is 0. The van der Waals surface area contributed by atoms with Gasteiger partial charge in [0.25, 0.3) is 5.91 Å². The number of nitrogens with zero attached hydrogens (tertiary/aromatic N) is 6. The highest BCUT2D eigenvalue weighted by Gasteiger charge is 2.17. The van der Waals surface area contributed by atoms with Crippen molar-refractivity contribution in [3.63, 3.8) is 0 Å². The smallest absolute Gasteiger partial charge is 0.257 e. The van der Waals surface area contributed by atoms with E-state index in [1.54, 1.807) is 23.6 Å². The Morgan fingerprint density at radius 2 is 1.91 bits per heavy atom. The Labute approximate surface area is 189 Å². The fourth-order valence-electron chi connectivity index (χ4n) is 3.68. The zero-order chi connectivity index (χ0) is 22.1. The maximum absolute atomic E-state index is 12.9. The van der Waals surface area contributed by atoms with Gasteiger partial charge in [-0.05, 0) is 50.4 Å². The number of fused-ring (bicyclic) bond motifs is 1. The van der Waals surface area contributed by atoms with E-state index in [2.05, 4.69) is 42.3 Å². The minimum atomic E-state index is -0.233. The number of anilines is 2. The van der Waals surface area contributed by atoms with Gasteiger partial charge in [-0.1, -0.05) is 0 Å². The van der Waals surface area contributed by atoms with Gasteiger partial charge in [-0.25, -0.2) is 9.97 Å². The number of thiazole rings is 1. The van der Waals surface area contributed by atoms with E-state index >= 15 is 0 Å². The van der Waals surface area contributed by atoms with Crippen LogP contribution in [0.3, 0.4) is 0 Å². The molecule has 0 radical (unpaired) electrons. The van der Waals surface area contributed by atoms with Gasteiger partial charge in [0.1, 0.15) is 10.8 Å². The highest BCUT2D eigenvalue weighted by Crippen LogP contribution is 2.27. The van der Waals surface area contributed by atoms with Crippen molar-refractivity contribution in [2.45, 2.75) is 6.92 Å². The summed E-state index contributed by atoms with van der Waals surface area (Å²) in [6.45, 7) is 5.73. The van der Waals surface area contributed by atoms with E-state index in [1.165, 1.54) is 0 Å². The summed E-state index contributed by atoms with van der Waals surface area (Å²) in [6, 6.07) is 11.3. The number of rotatable bonds is 4. The van der Waals surface area contributed by atoms with Gasteiger partial charge in [0, 0.05) is 60.0 Å². The van der Waals surface area contributed by atoms with Crippen LogP contribution in [0.25, 0.3) is 21.5 Å². The van der Waals surface area contributed by atoms with Crippen LogP contribution >= 0.6 is 11.3 Å². The van der Waals surface area contributed by atoms with Gasteiger partial charge in [-0.2, -0.15) is 0 Å². The molecule has 1 aliphatic heterocycles. The van der Waals surface area contributed by atoms with E-state index < -0.39 is 0 Å². The minimum Gasteiger partial charge on any atom is -0.354 e. The zero-order valence-corrected chi connectivity index (χ0v) is 18.8. The van der Waals surface area contributed by atoms with Crippen LogP contribution in [0, 0.1) is 6.92 Å². The van der Waals surface area contributed by atoms with Crippen molar-refractivity contribution in [2.24, 2.45) is 0 Å². The maximum atomic E-state index is 12.9. The number of amides is 1. The number of aryl methyl sites for hydroxylation is 1. The van der Waals surface area contributed by atoms with Crippen LogP contribution in [-0.4, -0.2) is 64.2 Å². The largest absolute Gasteiger partial charge is 0.354 e. The highest BCUT2D eigenvalue weighted by atomic mass is 32.1. The number of benzene rings is 1. The third-order valence-electron chi connectivity index (χ3n) is 5.53. The van der Waals surface area contributed by atoms with Crippen LogP contribution in [0.2, 0.25) is 0 Å². The molecule has 9 heteroatoms. The van der Waals surface area contributed by atoms with E-state index in [-0.39, 0.29) is 5.91 Å². The molecule has 4 aromatic rings. The third kappa shape index (κ3) is 4.30. The molecule has 4 heterocycles. The van der Waals surface area contributed by atoms with Crippen LogP contribution in [0.5, 0.6) is 0 Å². The van der Waals surface area contributed by atoms with Gasteiger partial charge in [0.05, 0.1) is 5.52 Å². The van der Waals surface area contributed by atoms with Crippen molar-refractivity contribution >= 4 is 39.8 Å². The van der Waals surface area contributed by atoms with Gasteiger partial charge < -0.3 is 15.1 Å². The molecular formula is C23H23N7OS. The molecule has 1 fully saturated rings. The monoisotopic (exact) mass is 445 g/mol. The van der Waals surface area contributed by atoms with E-state index in [1.807, 2.05) is 42.6 Å². The first-order valence-electron chi connectivity index (χ1n) is 10.5. The van der Waals surface area contributed by atoms with Crippen LogP contribution in [-0.2, 0) is 0 Å². The second-order valence-corrected chi connectivity index (χ2v) is 8.80. The number of carbonyl (C=O) groups excluding carboxylic acids is 1. The maximum Gasteiger partial charge on any atom is 0.257 e. The van der Waals surface area contributed by atoms with Crippen LogP contribution in [0.15, 0.2) is 48.0 Å². The molecule has 0 spiro atoms. The number of aromatic nitrogens is 4. The number of piperazine rings is 1. The first-order valence-corrected chi connectivity index (χ1v) is 11.3. The van der Waals surface area contributed by atoms with Crippen molar-refractivity contribution in [1.82, 2.24) is 25.1 Å². The molecule has 1 amide bonds. The normalized spacial score (nSPS) is 14.6. The summed E-state index contributed by atoms with van der Waals surface area (Å²) in [5.74, 6) is 0.995. The second-order valence-electron chi connectivity index (χ2n) is 7.94. The third-order valence-corrected chi connectivity index (χ3v) is 6.54. The number of nitrogens with one attached hydrogen (secondary N) is 1. The van der Waals surface area contributed by atoms with Crippen molar-refractivity contribution < 1.29 is 4.79 Å². The van der Waals surface area contributed by atoms with Gasteiger partial charge in [-0.15, -0.1) is 21.5 Å². The summed E-state index contributed by atoms with van der Waals surface area (Å²) in [5.41, 5.74) is 3.33. The average Bonchev–Trinajstić information content (AvgIpc) is 3.25. The Kier molecular flexibility index (Phi) is 5.50. The van der Waals surface area contributed by atoms with E-state index in [0.29, 0.717) is 11.4 Å². The summed E-state index contributed by atoms with van der Waals surface area (Å²) in [7, 11) is 2.11. The summed E-state index contributed by atoms with van der Waals surface area (Å²) in [6.07, 6.45) is 1.68. The molecule has 3 aromatic heterocycles. The Balaban J connectivity index is 1.36. The molecule has 1 aromatic carbocycles. The van der Waals surface area contributed by atoms with E-state index in [4.69, 9.17) is 0 Å². The molecule has 32 heavy (non-hydrogen) atoms. The van der Waals surface area contributed by atoms with Crippen LogP contribution in [0.4, 0.5) is 11.6 Å². The molecule has 8 nitrogen and oxygen atoms in total. The van der Waals surface area contributed by atoms with Crippen LogP contribution in [0.1, 0.15) is 16.1 Å². The fraction of sp³-hybridized carbons (Fsp3) is 0.261. The molecule has 162 valence electrons. The number of hydrogen-bond donors (Lipinski definition) is 1. The lowest BCUT2D eigenvalue weighted by atomic mass is 10.1. The molecule has 0 bridgehead atoms. The molecule has 5 rings (SSSR count). The van der Waals surface area contributed by atoms with Gasteiger partial charge >= 0.3 is 0 Å². The van der Waals surface area contributed by atoms with Crippen molar-refractivity contribution in [3.05, 3.63) is 59.2 Å². The molecule has 1 N–H and O–H groups in total. The van der Waals surface area contributed by atoms with Crippen molar-refractivity contribution in [1.29, 1.82) is 0 Å². The SMILES string of the molecule is Cc1csc(-c2ccc3nnc(NC(=O)c4ccnc(N5CCN(C)CC5)c4)cc3c2)n1. The topological polar surface area (TPSA) is 87.1 Å². The van der Waals surface area contributed by atoms with Gasteiger partial charge in [0.15, 0.2) is 5.82 Å². The van der Waals surface area contributed by atoms with Crippen molar-refractivity contribution in [3.8, 4) is 10.6 Å². The van der Waals surface area contributed by atoms with Crippen molar-refractivity contribution in [2.75, 3.05) is 43.4 Å². The quantitative estimate of drug-likeness (QED) is 0.515. The Morgan fingerprint density at radius 3 is 2.69 bits per heavy atom. The Bertz CT molecular complexity index is 1280. The number of likely N-dealkylation sites (N-methyl/N-ethyl adjacent to an activating group) is 1. The second kappa shape index (κ2) is 8.60. The van der Waals surface area contributed by atoms with Gasteiger partial charge in [-0.3, -0.25) is 4.79 Å². The zero-order valence-electron chi connectivity index (χ0n) is 17.9. The Hall–Kier alpha value is -3.43. The lowest BCUT2D eigenvalue weighted by molar-refractivity contribution is 0.102. The molecule has 0 atom stereocenters. The molecule has 1 aliphatic rings.